The predicted octanol–water partition coefficient (Wildman–Crippen LogP) is 5.85. The first-order valence-corrected chi connectivity index (χ1v) is 13.9. The summed E-state index contributed by atoms with van der Waals surface area (Å²) >= 11 is 13.0. The number of fused-ring (bicyclic) bond motifs is 1. The normalized spacial score (nSPS) is 17.6. The minimum Gasteiger partial charge on any atom is -0.390 e. The van der Waals surface area contributed by atoms with Crippen molar-refractivity contribution in [1.29, 1.82) is 5.26 Å². The van der Waals surface area contributed by atoms with E-state index in [9.17, 15) is 10.4 Å². The Balaban J connectivity index is 1.41. The van der Waals surface area contributed by atoms with Gasteiger partial charge in [-0.1, -0.05) is 64.8 Å². The number of pyridine rings is 1. The molecule has 0 aliphatic carbocycles. The molecule has 4 N–H and O–H groups in total. The molecule has 0 amide bonds. The number of β-amino-alcohol motifs (C(OH)–C–C–N with tert-alkyl or cyclic N) is 1. The van der Waals surface area contributed by atoms with Gasteiger partial charge in [-0.25, -0.2) is 4.68 Å². The maximum absolute atomic E-state index is 10.5. The van der Waals surface area contributed by atoms with Crippen LogP contribution in [0.25, 0.3) is 10.9 Å². The molecule has 9 nitrogen and oxygen atoms in total. The van der Waals surface area contributed by atoms with Crippen molar-refractivity contribution >= 4 is 51.2 Å². The molecule has 1 saturated heterocycles. The van der Waals surface area contributed by atoms with Crippen LogP contribution in [-0.4, -0.2) is 44.3 Å². The van der Waals surface area contributed by atoms with Crippen molar-refractivity contribution in [3.63, 3.8) is 0 Å². The van der Waals surface area contributed by atoms with Crippen molar-refractivity contribution in [2.45, 2.75) is 24.6 Å². The van der Waals surface area contributed by atoms with Crippen LogP contribution in [0.2, 0.25) is 10.0 Å². The molecule has 1 aliphatic rings. The average Bonchev–Trinajstić information content (AvgIpc) is 3.47. The van der Waals surface area contributed by atoms with Gasteiger partial charge in [0.1, 0.15) is 11.8 Å². The number of nitrogens with one attached hydrogen (secondary N) is 3. The fourth-order valence-corrected chi connectivity index (χ4v) is 5.59. The van der Waals surface area contributed by atoms with Gasteiger partial charge in [-0.15, -0.1) is 5.10 Å². The zero-order valence-corrected chi connectivity index (χ0v) is 23.3. The molecule has 1 aliphatic heterocycles. The highest BCUT2D eigenvalue weighted by atomic mass is 35.5. The molecule has 11 heteroatoms. The van der Waals surface area contributed by atoms with E-state index in [0.29, 0.717) is 50.1 Å². The number of halogens is 2. The summed E-state index contributed by atoms with van der Waals surface area (Å²) in [5, 5.41) is 41.1. The maximum atomic E-state index is 10.5. The summed E-state index contributed by atoms with van der Waals surface area (Å²) in [4.78, 5) is 4.47. The first-order valence-electron chi connectivity index (χ1n) is 13.2. The Morgan fingerprint density at radius 1 is 1.07 bits per heavy atom. The van der Waals surface area contributed by atoms with E-state index in [1.807, 2.05) is 60.8 Å². The van der Waals surface area contributed by atoms with Crippen LogP contribution in [0.4, 0.5) is 17.1 Å². The van der Waals surface area contributed by atoms with Gasteiger partial charge in [0.05, 0.1) is 46.2 Å². The zero-order chi connectivity index (χ0) is 28.3. The average molecular weight is 585 g/mol. The van der Waals surface area contributed by atoms with Gasteiger partial charge in [0.2, 0.25) is 0 Å². The largest absolute Gasteiger partial charge is 0.390 e. The number of rotatable bonds is 7. The van der Waals surface area contributed by atoms with Gasteiger partial charge in [0.25, 0.3) is 0 Å². The number of anilines is 3. The van der Waals surface area contributed by atoms with Crippen LogP contribution in [0.3, 0.4) is 0 Å². The van der Waals surface area contributed by atoms with Crippen molar-refractivity contribution in [2.24, 2.45) is 0 Å². The summed E-state index contributed by atoms with van der Waals surface area (Å²) in [5.41, 5.74) is 4.61. The highest BCUT2D eigenvalue weighted by Gasteiger charge is 2.27. The van der Waals surface area contributed by atoms with E-state index in [2.05, 4.69) is 37.3 Å². The fraction of sp³-hybridized carbons (Fsp3) is 0.200. The third kappa shape index (κ3) is 5.69. The molecule has 3 atom stereocenters. The van der Waals surface area contributed by atoms with Crippen LogP contribution in [0.1, 0.15) is 35.3 Å². The number of aliphatic hydroxyl groups is 1. The number of hydrogen-bond donors (Lipinski definition) is 4. The Kier molecular flexibility index (Phi) is 7.72. The Hall–Kier alpha value is -4.20. The molecule has 0 radical (unpaired) electrons. The molecular weight excluding hydrogens is 559 g/mol. The Labute approximate surface area is 246 Å². The number of aromatic nitrogens is 4. The second-order valence-corrected chi connectivity index (χ2v) is 10.7. The summed E-state index contributed by atoms with van der Waals surface area (Å²) < 4.78 is 1.75. The molecule has 206 valence electrons. The number of nitrogens with zero attached hydrogens (tertiary/aromatic N) is 5. The van der Waals surface area contributed by atoms with Gasteiger partial charge >= 0.3 is 0 Å². The fourth-order valence-electron chi connectivity index (χ4n) is 5.13. The molecule has 0 saturated carbocycles. The summed E-state index contributed by atoms with van der Waals surface area (Å²) in [5.74, 6) is 0. The molecule has 3 aromatic carbocycles. The van der Waals surface area contributed by atoms with E-state index in [-0.39, 0.29) is 12.1 Å². The van der Waals surface area contributed by atoms with Crippen LogP contribution >= 0.6 is 23.2 Å². The zero-order valence-electron chi connectivity index (χ0n) is 21.8. The molecule has 1 unspecified atom stereocenters. The molecule has 5 aromatic rings. The van der Waals surface area contributed by atoms with Crippen molar-refractivity contribution in [1.82, 2.24) is 25.3 Å². The van der Waals surface area contributed by atoms with E-state index in [4.69, 9.17) is 23.2 Å². The smallest absolute Gasteiger partial charge is 0.109 e. The number of hydrogen-bond acceptors (Lipinski definition) is 8. The Morgan fingerprint density at radius 3 is 2.71 bits per heavy atom. The lowest BCUT2D eigenvalue weighted by molar-refractivity contribution is 0.0800. The quantitative estimate of drug-likeness (QED) is 0.188. The second-order valence-electron chi connectivity index (χ2n) is 9.89. The monoisotopic (exact) mass is 584 g/mol. The number of piperidine rings is 1. The van der Waals surface area contributed by atoms with Crippen LogP contribution in [-0.2, 0) is 0 Å². The highest BCUT2D eigenvalue weighted by molar-refractivity contribution is 6.36. The van der Waals surface area contributed by atoms with Gasteiger partial charge in [-0.05, 0) is 48.9 Å². The summed E-state index contributed by atoms with van der Waals surface area (Å²) in [6.45, 7) is 1.32. The highest BCUT2D eigenvalue weighted by Crippen LogP contribution is 2.37. The maximum Gasteiger partial charge on any atom is 0.109 e. The van der Waals surface area contributed by atoms with Gasteiger partial charge in [-0.2, -0.15) is 5.26 Å². The van der Waals surface area contributed by atoms with Crippen molar-refractivity contribution < 1.29 is 5.11 Å². The minimum absolute atomic E-state index is 0.153. The Morgan fingerprint density at radius 2 is 1.93 bits per heavy atom. The van der Waals surface area contributed by atoms with Crippen LogP contribution in [0.15, 0.2) is 79.1 Å². The Bertz CT molecular complexity index is 1740. The number of benzene rings is 3. The lowest BCUT2D eigenvalue weighted by Crippen LogP contribution is -2.41. The van der Waals surface area contributed by atoms with Crippen LogP contribution in [0.5, 0.6) is 0 Å². The van der Waals surface area contributed by atoms with Crippen molar-refractivity contribution in [3.8, 4) is 6.07 Å². The summed E-state index contributed by atoms with van der Waals surface area (Å²) in [6, 6.07) is 22.6. The van der Waals surface area contributed by atoms with Gasteiger partial charge in [-0.3, -0.25) is 4.98 Å². The number of aliphatic hydroxyl groups excluding tert-OH is 1. The van der Waals surface area contributed by atoms with Gasteiger partial charge in [0.15, 0.2) is 0 Å². The van der Waals surface area contributed by atoms with Crippen LogP contribution < -0.4 is 16.0 Å². The lowest BCUT2D eigenvalue weighted by Gasteiger charge is -2.28. The van der Waals surface area contributed by atoms with E-state index in [1.54, 1.807) is 16.8 Å². The third-order valence-electron chi connectivity index (χ3n) is 7.16. The minimum atomic E-state index is -0.548. The SMILES string of the molecule is N#Cc1cnc2c(Cl)cc(NC(c3ccccc3)c3cn([C@@H]4CCNC[C@H]4O)nn3)cc2c1Nc1cccc(Cl)c1. The van der Waals surface area contributed by atoms with E-state index < -0.39 is 6.10 Å². The summed E-state index contributed by atoms with van der Waals surface area (Å²) in [6.07, 6.45) is 3.60. The first-order chi connectivity index (χ1) is 20.0. The van der Waals surface area contributed by atoms with Crippen LogP contribution in [0, 0.1) is 11.3 Å². The van der Waals surface area contributed by atoms with Crippen molar-refractivity contribution in [2.75, 3.05) is 23.7 Å². The first kappa shape index (κ1) is 27.0. The topological polar surface area (TPSA) is 124 Å². The van der Waals surface area contributed by atoms with E-state index >= 15 is 0 Å². The molecule has 6 rings (SSSR count). The van der Waals surface area contributed by atoms with E-state index in [0.717, 1.165) is 24.2 Å². The summed E-state index contributed by atoms with van der Waals surface area (Å²) in [7, 11) is 0. The third-order valence-corrected chi connectivity index (χ3v) is 7.68. The lowest BCUT2D eigenvalue weighted by atomic mass is 10.0. The molecule has 41 heavy (non-hydrogen) atoms. The molecule has 0 spiro atoms. The second kappa shape index (κ2) is 11.7. The molecule has 2 aromatic heterocycles. The van der Waals surface area contributed by atoms with E-state index in [1.165, 1.54) is 6.20 Å². The van der Waals surface area contributed by atoms with Crippen molar-refractivity contribution in [3.05, 3.63) is 106 Å². The molecule has 3 heterocycles. The molecular formula is C30H26Cl2N8O. The van der Waals surface area contributed by atoms with Gasteiger partial charge < -0.3 is 21.1 Å². The molecule has 0 bridgehead atoms. The molecule has 1 fully saturated rings. The van der Waals surface area contributed by atoms with Gasteiger partial charge in [0, 0.05) is 34.5 Å². The standard InChI is InChI=1S/C30H26Cl2N8O/c31-20-7-4-8-21(11-20)36-28-19(14-33)15-35-30-23(28)12-22(13-24(30)32)37-29(18-5-2-1-3-6-18)25-17-40(39-38-25)26-9-10-34-16-27(26)41/h1-8,11-13,15,17,26-27,29,34,37,41H,9-10,16H2,(H,35,36)/t26-,27-,29?/m1/s1. The number of nitriles is 1. The predicted molar refractivity (Wildman–Crippen MR) is 161 cm³/mol.